The van der Waals surface area contributed by atoms with E-state index in [9.17, 15) is 4.79 Å². The lowest BCUT2D eigenvalue weighted by Crippen LogP contribution is -2.43. The van der Waals surface area contributed by atoms with Crippen LogP contribution >= 0.6 is 0 Å². The zero-order valence-electron chi connectivity index (χ0n) is 29.0. The van der Waals surface area contributed by atoms with Crippen LogP contribution in [0.4, 0.5) is 5.82 Å². The van der Waals surface area contributed by atoms with Crippen LogP contribution < -0.4 is 14.4 Å². The summed E-state index contributed by atoms with van der Waals surface area (Å²) in [5, 5.41) is 0. The Labute approximate surface area is 284 Å². The molecule has 0 N–H and O–H groups in total. The largest absolute Gasteiger partial charge is 0.468 e. The van der Waals surface area contributed by atoms with Crippen LogP contribution in [0.1, 0.15) is 98.5 Å². The number of hydrogen-bond acceptors (Lipinski definition) is 10. The molecule has 1 aromatic heterocycles. The molecule has 0 unspecified atom stereocenters. The van der Waals surface area contributed by atoms with Crippen LogP contribution in [0.5, 0.6) is 11.8 Å². The molecule has 4 heterocycles. The number of carbonyl (C=O) groups is 1. The molecule has 256 valence electrons. The standard InChI is InChI=1S/C38H49N5O5/c1-5-28-34-31(22-30(35(28)39-25(2)3)29-21-27(48-24-45-4)20-26-10-6-11-32(44)33(26)29)40-37(41-36(34)42-14-9-18-46-19-17-42)47-23-38-12-7-15-43(38)16-8-13-38/h5,20-22,25H,6-19,23-24H2,1-4H3/b28-5-,39-35?. The zero-order valence-corrected chi connectivity index (χ0v) is 29.0. The molecule has 0 spiro atoms. The van der Waals surface area contributed by atoms with Crippen molar-refractivity contribution in [3.05, 3.63) is 46.2 Å². The molecule has 3 fully saturated rings. The van der Waals surface area contributed by atoms with Crippen molar-refractivity contribution in [2.24, 2.45) is 4.99 Å². The Morgan fingerprint density at radius 1 is 1.00 bits per heavy atom. The molecular weight excluding hydrogens is 606 g/mol. The summed E-state index contributed by atoms with van der Waals surface area (Å²) in [6, 6.07) is 4.37. The van der Waals surface area contributed by atoms with Crippen LogP contribution in [0.25, 0.3) is 17.2 Å². The summed E-state index contributed by atoms with van der Waals surface area (Å²) >= 11 is 0. The molecule has 5 aliphatic rings. The first-order chi connectivity index (χ1) is 23.4. The third-order valence-electron chi connectivity index (χ3n) is 10.4. The number of aliphatic imine (C=N–C) groups is 1. The summed E-state index contributed by atoms with van der Waals surface area (Å²) < 4.78 is 23.7. The van der Waals surface area contributed by atoms with Crippen LogP contribution in [-0.4, -0.2) is 97.8 Å². The third-order valence-corrected chi connectivity index (χ3v) is 10.4. The van der Waals surface area contributed by atoms with Gasteiger partial charge in [0, 0.05) is 56.0 Å². The maximum absolute atomic E-state index is 13.6. The van der Waals surface area contributed by atoms with Gasteiger partial charge in [0.15, 0.2) is 12.6 Å². The summed E-state index contributed by atoms with van der Waals surface area (Å²) in [4.78, 5) is 34.1. The van der Waals surface area contributed by atoms with E-state index >= 15 is 0 Å². The normalized spacial score (nSPS) is 22.5. The Morgan fingerprint density at radius 2 is 1.83 bits per heavy atom. The predicted octanol–water partition coefficient (Wildman–Crippen LogP) is 6.02. The number of anilines is 1. The SMILES string of the molecule is C/C=C1\C(=NC(C)C)C(c2cc(OCOC)cc3c2C(=O)CCC3)=Cc2nc(OCC34CCCN3CCC4)nc(N3CCCOCC3)c21. The van der Waals surface area contributed by atoms with Crippen LogP contribution in [0.2, 0.25) is 0 Å². The van der Waals surface area contributed by atoms with Crippen molar-refractivity contribution in [1.29, 1.82) is 0 Å². The summed E-state index contributed by atoms with van der Waals surface area (Å²) in [7, 11) is 1.61. The van der Waals surface area contributed by atoms with E-state index in [4.69, 9.17) is 33.9 Å². The van der Waals surface area contributed by atoms with Crippen molar-refractivity contribution in [3.63, 3.8) is 0 Å². The molecule has 3 aliphatic heterocycles. The Balaban J connectivity index is 1.41. The highest BCUT2D eigenvalue weighted by molar-refractivity contribution is 6.50. The van der Waals surface area contributed by atoms with Gasteiger partial charge in [0.25, 0.3) is 0 Å². The first-order valence-corrected chi connectivity index (χ1v) is 17.8. The second-order valence-electron chi connectivity index (χ2n) is 13.9. The van der Waals surface area contributed by atoms with Gasteiger partial charge >= 0.3 is 6.01 Å². The van der Waals surface area contributed by atoms with Crippen molar-refractivity contribution in [2.75, 3.05) is 64.8 Å². The molecular formula is C38H49N5O5. The minimum Gasteiger partial charge on any atom is -0.468 e. The van der Waals surface area contributed by atoms with Crippen LogP contribution in [0, 0.1) is 0 Å². The lowest BCUT2D eigenvalue weighted by atomic mass is 9.79. The summed E-state index contributed by atoms with van der Waals surface area (Å²) in [5.74, 6) is 1.67. The van der Waals surface area contributed by atoms with Gasteiger partial charge in [-0.25, -0.2) is 0 Å². The van der Waals surface area contributed by atoms with Gasteiger partial charge in [-0.15, -0.1) is 0 Å². The van der Waals surface area contributed by atoms with Gasteiger partial charge in [0.1, 0.15) is 18.2 Å². The molecule has 0 radical (unpaired) electrons. The quantitative estimate of drug-likeness (QED) is 0.301. The smallest absolute Gasteiger partial charge is 0.319 e. The van der Waals surface area contributed by atoms with Gasteiger partial charge in [-0.2, -0.15) is 9.97 Å². The number of aryl methyl sites for hydroxylation is 1. The molecule has 3 saturated heterocycles. The van der Waals surface area contributed by atoms with Gasteiger partial charge in [0.2, 0.25) is 0 Å². The fourth-order valence-corrected chi connectivity index (χ4v) is 8.26. The first-order valence-electron chi connectivity index (χ1n) is 17.8. The lowest BCUT2D eigenvalue weighted by Gasteiger charge is -2.32. The Kier molecular flexibility index (Phi) is 9.67. The highest BCUT2D eigenvalue weighted by Gasteiger charge is 2.45. The van der Waals surface area contributed by atoms with E-state index in [1.54, 1.807) is 7.11 Å². The Morgan fingerprint density at radius 3 is 2.60 bits per heavy atom. The maximum Gasteiger partial charge on any atom is 0.319 e. The average Bonchev–Trinajstić information content (AvgIpc) is 3.55. The molecule has 0 bridgehead atoms. The van der Waals surface area contributed by atoms with Crippen molar-refractivity contribution in [2.45, 2.75) is 83.7 Å². The van der Waals surface area contributed by atoms with Crippen LogP contribution in [0.15, 0.2) is 23.2 Å². The fourth-order valence-electron chi connectivity index (χ4n) is 8.26. The van der Waals surface area contributed by atoms with E-state index in [1.807, 2.05) is 19.1 Å². The van der Waals surface area contributed by atoms with Crippen molar-refractivity contribution in [1.82, 2.24) is 14.9 Å². The van der Waals surface area contributed by atoms with Gasteiger partial charge in [0.05, 0.1) is 29.1 Å². The number of fused-ring (bicyclic) bond motifs is 3. The molecule has 7 rings (SSSR count). The zero-order chi connectivity index (χ0) is 33.3. The molecule has 10 heteroatoms. The summed E-state index contributed by atoms with van der Waals surface area (Å²) in [5.41, 5.74) is 7.03. The van der Waals surface area contributed by atoms with E-state index in [1.165, 1.54) is 12.8 Å². The van der Waals surface area contributed by atoms with Crippen molar-refractivity contribution in [3.8, 4) is 11.8 Å². The third kappa shape index (κ3) is 6.30. The molecule has 2 aromatic rings. The molecule has 0 amide bonds. The molecule has 1 aromatic carbocycles. The second kappa shape index (κ2) is 14.1. The number of ketones is 1. The summed E-state index contributed by atoms with van der Waals surface area (Å²) in [6.45, 7) is 12.1. The van der Waals surface area contributed by atoms with E-state index in [0.717, 1.165) is 116 Å². The highest BCUT2D eigenvalue weighted by Crippen LogP contribution is 2.44. The van der Waals surface area contributed by atoms with E-state index in [0.29, 0.717) is 31.4 Å². The van der Waals surface area contributed by atoms with Gasteiger partial charge in [-0.05, 0) is 108 Å². The van der Waals surface area contributed by atoms with E-state index in [2.05, 4.69) is 35.8 Å². The second-order valence-corrected chi connectivity index (χ2v) is 13.9. The number of aromatic nitrogens is 2. The number of carbonyl (C=O) groups excluding carboxylic acids is 1. The van der Waals surface area contributed by atoms with E-state index < -0.39 is 0 Å². The monoisotopic (exact) mass is 655 g/mol. The number of allylic oxidation sites excluding steroid dienone is 3. The lowest BCUT2D eigenvalue weighted by molar-refractivity contribution is 0.0510. The number of Topliss-reactive ketones (excluding diaryl/α,β-unsaturated/α-hetero) is 1. The highest BCUT2D eigenvalue weighted by atomic mass is 16.7. The van der Waals surface area contributed by atoms with Gasteiger partial charge in [-0.3, -0.25) is 14.7 Å². The Hall–Kier alpha value is -3.60. The number of nitrogens with zero attached hydrogens (tertiary/aromatic N) is 5. The molecule has 48 heavy (non-hydrogen) atoms. The minimum atomic E-state index is 0.0120. The number of ether oxygens (including phenoxy) is 4. The maximum atomic E-state index is 13.6. The molecule has 2 aliphatic carbocycles. The summed E-state index contributed by atoms with van der Waals surface area (Å²) in [6.07, 6.45) is 12.0. The minimum absolute atomic E-state index is 0.0120. The van der Waals surface area contributed by atoms with E-state index in [-0.39, 0.29) is 24.2 Å². The number of methoxy groups -OCH3 is 1. The van der Waals surface area contributed by atoms with Crippen LogP contribution in [-0.2, 0) is 15.9 Å². The predicted molar refractivity (Wildman–Crippen MR) is 188 cm³/mol. The molecule has 0 saturated carbocycles. The Bertz CT molecular complexity index is 1630. The molecule has 0 atom stereocenters. The van der Waals surface area contributed by atoms with Crippen molar-refractivity contribution >= 4 is 34.5 Å². The first kappa shape index (κ1) is 32.9. The molecule has 10 nitrogen and oxygen atoms in total. The number of benzene rings is 1. The average molecular weight is 656 g/mol. The fraction of sp³-hybridized carbons (Fsp3) is 0.579. The van der Waals surface area contributed by atoms with Gasteiger partial charge in [-0.1, -0.05) is 6.08 Å². The number of hydrogen-bond donors (Lipinski definition) is 0. The number of rotatable bonds is 9. The van der Waals surface area contributed by atoms with Crippen molar-refractivity contribution < 1.29 is 23.7 Å². The van der Waals surface area contributed by atoms with Crippen LogP contribution in [0.3, 0.4) is 0 Å². The topological polar surface area (TPSA) is 98.6 Å². The van der Waals surface area contributed by atoms with Gasteiger partial charge < -0.3 is 23.8 Å².